The molecule has 1 unspecified atom stereocenters. The molecular weight excluding hydrogens is 250 g/mol. The molecule has 1 atom stereocenters. The van der Waals surface area contributed by atoms with Crippen LogP contribution < -0.4 is 0 Å². The zero-order chi connectivity index (χ0) is 14.4. The van der Waals surface area contributed by atoms with Crippen LogP contribution in [0.3, 0.4) is 0 Å². The largest absolute Gasteiger partial charge is 0.297 e. The van der Waals surface area contributed by atoms with Gasteiger partial charge in [0.25, 0.3) is 0 Å². The third-order valence-corrected chi connectivity index (χ3v) is 3.73. The summed E-state index contributed by atoms with van der Waals surface area (Å²) in [6, 6.07) is 8.28. The SMILES string of the molecule is CCC(C#N)N1CCN(Cc2ccnc(C#N)c2)CC1. The summed E-state index contributed by atoms with van der Waals surface area (Å²) < 4.78 is 0. The van der Waals surface area contributed by atoms with Gasteiger partial charge in [-0.05, 0) is 24.1 Å². The van der Waals surface area contributed by atoms with Gasteiger partial charge in [0.15, 0.2) is 0 Å². The van der Waals surface area contributed by atoms with Gasteiger partial charge < -0.3 is 0 Å². The number of nitriles is 2. The van der Waals surface area contributed by atoms with Crippen LogP contribution in [0.25, 0.3) is 0 Å². The Bertz CT molecular complexity index is 520. The van der Waals surface area contributed by atoms with Crippen molar-refractivity contribution in [3.63, 3.8) is 0 Å². The van der Waals surface area contributed by atoms with E-state index in [-0.39, 0.29) is 6.04 Å². The molecule has 1 aliphatic rings. The van der Waals surface area contributed by atoms with Crippen molar-refractivity contribution in [1.82, 2.24) is 14.8 Å². The van der Waals surface area contributed by atoms with Crippen LogP contribution in [0.5, 0.6) is 0 Å². The van der Waals surface area contributed by atoms with Crippen LogP contribution >= 0.6 is 0 Å². The second-order valence-electron chi connectivity index (χ2n) is 5.03. The minimum absolute atomic E-state index is 0.0447. The van der Waals surface area contributed by atoms with Crippen LogP contribution in [0, 0.1) is 22.7 Å². The first-order chi connectivity index (χ1) is 9.76. The Kier molecular flexibility index (Phi) is 5.06. The van der Waals surface area contributed by atoms with Crippen LogP contribution in [-0.4, -0.2) is 47.0 Å². The third kappa shape index (κ3) is 3.54. The van der Waals surface area contributed by atoms with Gasteiger partial charge >= 0.3 is 0 Å². The molecule has 20 heavy (non-hydrogen) atoms. The summed E-state index contributed by atoms with van der Waals surface area (Å²) in [5.41, 5.74) is 1.59. The van der Waals surface area contributed by atoms with Crippen LogP contribution in [0.1, 0.15) is 24.6 Å². The Hall–Kier alpha value is -1.95. The van der Waals surface area contributed by atoms with Crippen LogP contribution in [0.15, 0.2) is 18.3 Å². The van der Waals surface area contributed by atoms with Gasteiger partial charge in [0.05, 0.1) is 12.1 Å². The highest BCUT2D eigenvalue weighted by molar-refractivity contribution is 5.25. The maximum atomic E-state index is 9.09. The molecule has 1 saturated heterocycles. The van der Waals surface area contributed by atoms with Gasteiger partial charge in [-0.15, -0.1) is 0 Å². The lowest BCUT2D eigenvalue weighted by Gasteiger charge is -2.36. The normalized spacial score (nSPS) is 18.1. The summed E-state index contributed by atoms with van der Waals surface area (Å²) in [6.45, 7) is 6.68. The highest BCUT2D eigenvalue weighted by Crippen LogP contribution is 2.12. The van der Waals surface area contributed by atoms with Gasteiger partial charge in [0.1, 0.15) is 11.8 Å². The smallest absolute Gasteiger partial charge is 0.140 e. The van der Waals surface area contributed by atoms with E-state index in [9.17, 15) is 0 Å². The number of nitrogens with zero attached hydrogens (tertiary/aromatic N) is 5. The highest BCUT2D eigenvalue weighted by atomic mass is 15.3. The van der Waals surface area contributed by atoms with E-state index in [0.717, 1.165) is 44.7 Å². The summed E-state index contributed by atoms with van der Waals surface area (Å²) in [4.78, 5) is 8.60. The van der Waals surface area contributed by atoms with E-state index in [1.807, 2.05) is 12.1 Å². The summed E-state index contributed by atoms with van der Waals surface area (Å²) in [7, 11) is 0. The molecule has 5 nitrogen and oxygen atoms in total. The first-order valence-corrected chi connectivity index (χ1v) is 6.98. The number of piperazine rings is 1. The van der Waals surface area contributed by atoms with Crippen molar-refractivity contribution < 1.29 is 0 Å². The van der Waals surface area contributed by atoms with E-state index < -0.39 is 0 Å². The zero-order valence-electron chi connectivity index (χ0n) is 11.8. The average molecular weight is 269 g/mol. The van der Waals surface area contributed by atoms with Crippen LogP contribution in [-0.2, 0) is 6.54 Å². The maximum Gasteiger partial charge on any atom is 0.140 e. The van der Waals surface area contributed by atoms with Crippen molar-refractivity contribution in [1.29, 1.82) is 10.5 Å². The first-order valence-electron chi connectivity index (χ1n) is 6.98. The zero-order valence-corrected chi connectivity index (χ0v) is 11.8. The lowest BCUT2D eigenvalue weighted by atomic mass is 10.1. The molecule has 0 saturated carbocycles. The molecule has 0 radical (unpaired) electrons. The summed E-state index contributed by atoms with van der Waals surface area (Å²) >= 11 is 0. The molecule has 0 bridgehead atoms. The topological polar surface area (TPSA) is 67.0 Å². The molecule has 1 aromatic heterocycles. The van der Waals surface area contributed by atoms with Gasteiger partial charge in [-0.1, -0.05) is 6.92 Å². The van der Waals surface area contributed by atoms with Crippen molar-refractivity contribution in [3.05, 3.63) is 29.6 Å². The molecule has 5 heteroatoms. The molecule has 1 aromatic rings. The van der Waals surface area contributed by atoms with Gasteiger partial charge in [-0.3, -0.25) is 9.80 Å². The Morgan fingerprint density at radius 1 is 1.30 bits per heavy atom. The molecule has 1 fully saturated rings. The monoisotopic (exact) mass is 269 g/mol. The number of hydrogen-bond acceptors (Lipinski definition) is 5. The Balaban J connectivity index is 1.88. The average Bonchev–Trinajstić information content (AvgIpc) is 2.50. The van der Waals surface area contributed by atoms with E-state index in [2.05, 4.69) is 33.8 Å². The molecule has 0 aromatic carbocycles. The molecule has 0 aliphatic carbocycles. The van der Waals surface area contributed by atoms with E-state index in [1.165, 1.54) is 0 Å². The number of rotatable bonds is 4. The Labute approximate surface area is 120 Å². The molecular formula is C15H19N5. The minimum Gasteiger partial charge on any atom is -0.297 e. The number of hydrogen-bond donors (Lipinski definition) is 0. The Morgan fingerprint density at radius 3 is 2.65 bits per heavy atom. The maximum absolute atomic E-state index is 9.09. The fourth-order valence-electron chi connectivity index (χ4n) is 2.56. The van der Waals surface area contributed by atoms with Crippen molar-refractivity contribution in [3.8, 4) is 12.1 Å². The molecule has 0 spiro atoms. The fourth-order valence-corrected chi connectivity index (χ4v) is 2.56. The molecule has 0 amide bonds. The lowest BCUT2D eigenvalue weighted by Crippen LogP contribution is -2.49. The predicted molar refractivity (Wildman–Crippen MR) is 75.5 cm³/mol. The second-order valence-corrected chi connectivity index (χ2v) is 5.03. The van der Waals surface area contributed by atoms with Crippen molar-refractivity contribution in [2.45, 2.75) is 25.9 Å². The molecule has 1 aliphatic heterocycles. The van der Waals surface area contributed by atoms with Gasteiger partial charge in [0, 0.05) is 38.9 Å². The standard InChI is InChI=1S/C15H19N5/c1-2-15(11-17)20-7-5-19(6-8-20)12-13-3-4-18-14(9-13)10-16/h3-4,9,15H,2,5-8,12H2,1H3. The highest BCUT2D eigenvalue weighted by Gasteiger charge is 2.22. The van der Waals surface area contributed by atoms with E-state index in [0.29, 0.717) is 5.69 Å². The first kappa shape index (κ1) is 14.5. The summed E-state index contributed by atoms with van der Waals surface area (Å²) in [5.74, 6) is 0. The second kappa shape index (κ2) is 7.00. The van der Waals surface area contributed by atoms with E-state index in [1.54, 1.807) is 6.20 Å². The van der Waals surface area contributed by atoms with Crippen molar-refractivity contribution >= 4 is 0 Å². The lowest BCUT2D eigenvalue weighted by molar-refractivity contribution is 0.108. The van der Waals surface area contributed by atoms with Crippen LogP contribution in [0.4, 0.5) is 0 Å². The molecule has 0 N–H and O–H groups in total. The summed E-state index contributed by atoms with van der Waals surface area (Å²) in [5, 5.41) is 17.9. The molecule has 2 heterocycles. The van der Waals surface area contributed by atoms with Gasteiger partial charge in [-0.2, -0.15) is 10.5 Å². The number of pyridine rings is 1. The quantitative estimate of drug-likeness (QED) is 0.826. The van der Waals surface area contributed by atoms with Crippen LogP contribution in [0.2, 0.25) is 0 Å². The van der Waals surface area contributed by atoms with Gasteiger partial charge in [-0.25, -0.2) is 4.98 Å². The summed E-state index contributed by atoms with van der Waals surface area (Å²) in [6.07, 6.45) is 2.57. The van der Waals surface area contributed by atoms with E-state index in [4.69, 9.17) is 10.5 Å². The fraction of sp³-hybridized carbons (Fsp3) is 0.533. The molecule has 104 valence electrons. The Morgan fingerprint density at radius 2 is 2.05 bits per heavy atom. The van der Waals surface area contributed by atoms with Crippen molar-refractivity contribution in [2.75, 3.05) is 26.2 Å². The van der Waals surface area contributed by atoms with E-state index >= 15 is 0 Å². The molecule has 2 rings (SSSR count). The number of aromatic nitrogens is 1. The van der Waals surface area contributed by atoms with Gasteiger partial charge in [0.2, 0.25) is 0 Å². The predicted octanol–water partition coefficient (Wildman–Crippen LogP) is 1.37. The minimum atomic E-state index is 0.0447. The van der Waals surface area contributed by atoms with Crippen molar-refractivity contribution in [2.24, 2.45) is 0 Å². The third-order valence-electron chi connectivity index (χ3n) is 3.73.